The Morgan fingerprint density at radius 1 is 1.13 bits per heavy atom. The molecule has 0 aliphatic carbocycles. The standard InChI is InChI=1S/C20H25N3/c1-6-13(2)15-12-16-19(22-23-21-16)17(18(15)20(3,4)5)14-10-8-7-9-11-14/h7-13H,6H2,1-5H3,(H,21,22,23). The number of H-pyrrole nitrogens is 1. The highest BCUT2D eigenvalue weighted by atomic mass is 15.3. The summed E-state index contributed by atoms with van der Waals surface area (Å²) in [6.07, 6.45) is 1.12. The van der Waals surface area contributed by atoms with E-state index in [0.717, 1.165) is 17.5 Å². The highest BCUT2D eigenvalue weighted by Crippen LogP contribution is 2.42. The summed E-state index contributed by atoms with van der Waals surface area (Å²) in [5, 5.41) is 11.5. The molecule has 3 heteroatoms. The summed E-state index contributed by atoms with van der Waals surface area (Å²) < 4.78 is 0. The summed E-state index contributed by atoms with van der Waals surface area (Å²) in [6, 6.07) is 12.8. The highest BCUT2D eigenvalue weighted by molar-refractivity contribution is 5.95. The molecule has 23 heavy (non-hydrogen) atoms. The Morgan fingerprint density at radius 2 is 1.83 bits per heavy atom. The van der Waals surface area contributed by atoms with Gasteiger partial charge in [0.05, 0.1) is 5.52 Å². The van der Waals surface area contributed by atoms with Gasteiger partial charge in [0.2, 0.25) is 0 Å². The molecule has 3 rings (SSSR count). The van der Waals surface area contributed by atoms with Crippen molar-refractivity contribution in [3.8, 4) is 11.1 Å². The van der Waals surface area contributed by atoms with E-state index in [9.17, 15) is 0 Å². The lowest BCUT2D eigenvalue weighted by Gasteiger charge is -2.29. The van der Waals surface area contributed by atoms with E-state index in [1.54, 1.807) is 0 Å². The van der Waals surface area contributed by atoms with E-state index in [0.29, 0.717) is 5.92 Å². The van der Waals surface area contributed by atoms with Crippen molar-refractivity contribution in [2.24, 2.45) is 0 Å². The summed E-state index contributed by atoms with van der Waals surface area (Å²) in [7, 11) is 0. The van der Waals surface area contributed by atoms with Crippen LogP contribution in [-0.4, -0.2) is 15.4 Å². The summed E-state index contributed by atoms with van der Waals surface area (Å²) in [6.45, 7) is 11.4. The van der Waals surface area contributed by atoms with Gasteiger partial charge in [0.25, 0.3) is 0 Å². The molecule has 0 aliphatic rings. The molecule has 0 spiro atoms. The normalized spacial score (nSPS) is 13.4. The first-order valence-corrected chi connectivity index (χ1v) is 8.37. The minimum Gasteiger partial charge on any atom is -0.258 e. The fourth-order valence-electron chi connectivity index (χ4n) is 3.31. The van der Waals surface area contributed by atoms with Crippen LogP contribution in [-0.2, 0) is 5.41 Å². The average Bonchev–Trinajstić information content (AvgIpc) is 3.00. The molecule has 120 valence electrons. The maximum atomic E-state index is 4.39. The third-order valence-electron chi connectivity index (χ3n) is 4.61. The van der Waals surface area contributed by atoms with Crippen molar-refractivity contribution in [1.82, 2.24) is 15.4 Å². The number of rotatable bonds is 3. The van der Waals surface area contributed by atoms with Crippen LogP contribution < -0.4 is 0 Å². The molecule has 0 amide bonds. The molecule has 1 heterocycles. The molecule has 1 N–H and O–H groups in total. The van der Waals surface area contributed by atoms with Crippen molar-refractivity contribution in [2.45, 2.75) is 52.4 Å². The molecule has 0 fully saturated rings. The molecule has 0 saturated carbocycles. The predicted octanol–water partition coefficient (Wildman–Crippen LogP) is 5.44. The average molecular weight is 307 g/mol. The van der Waals surface area contributed by atoms with Crippen LogP contribution in [0.15, 0.2) is 36.4 Å². The minimum absolute atomic E-state index is 0.0388. The van der Waals surface area contributed by atoms with Crippen molar-refractivity contribution in [3.63, 3.8) is 0 Å². The third-order valence-corrected chi connectivity index (χ3v) is 4.61. The maximum Gasteiger partial charge on any atom is 0.121 e. The number of fused-ring (bicyclic) bond motifs is 1. The van der Waals surface area contributed by atoms with E-state index in [2.05, 4.69) is 86.4 Å². The number of hydrogen-bond acceptors (Lipinski definition) is 2. The molecule has 2 aromatic carbocycles. The number of nitrogens with zero attached hydrogens (tertiary/aromatic N) is 2. The fourth-order valence-corrected chi connectivity index (χ4v) is 3.31. The number of aromatic amines is 1. The van der Waals surface area contributed by atoms with E-state index >= 15 is 0 Å². The van der Waals surface area contributed by atoms with Gasteiger partial charge in [0.1, 0.15) is 5.52 Å². The largest absolute Gasteiger partial charge is 0.258 e. The Labute approximate surface area is 138 Å². The fraction of sp³-hybridized carbons (Fsp3) is 0.400. The summed E-state index contributed by atoms with van der Waals surface area (Å²) >= 11 is 0. The van der Waals surface area contributed by atoms with Gasteiger partial charge in [-0.3, -0.25) is 5.10 Å². The first-order chi connectivity index (χ1) is 10.9. The lowest BCUT2D eigenvalue weighted by Crippen LogP contribution is -2.17. The van der Waals surface area contributed by atoms with Gasteiger partial charge in [-0.1, -0.05) is 70.2 Å². The zero-order valence-corrected chi connectivity index (χ0v) is 14.6. The highest BCUT2D eigenvalue weighted by Gasteiger charge is 2.27. The molecule has 1 atom stereocenters. The topological polar surface area (TPSA) is 41.6 Å². The Bertz CT molecular complexity index is 810. The van der Waals surface area contributed by atoms with Crippen LogP contribution in [0.2, 0.25) is 0 Å². The quantitative estimate of drug-likeness (QED) is 0.700. The predicted molar refractivity (Wildman–Crippen MR) is 96.7 cm³/mol. The zero-order chi connectivity index (χ0) is 16.6. The first-order valence-electron chi connectivity index (χ1n) is 8.37. The van der Waals surface area contributed by atoms with Crippen molar-refractivity contribution >= 4 is 11.0 Å². The SMILES string of the molecule is CCC(C)c1cc2[nH]nnc2c(-c2ccccc2)c1C(C)(C)C. The second kappa shape index (κ2) is 5.80. The van der Waals surface area contributed by atoms with Crippen LogP contribution >= 0.6 is 0 Å². The van der Waals surface area contributed by atoms with Crippen LogP contribution in [0.25, 0.3) is 22.2 Å². The van der Waals surface area contributed by atoms with Gasteiger partial charge in [-0.05, 0) is 40.5 Å². The van der Waals surface area contributed by atoms with Gasteiger partial charge in [-0.15, -0.1) is 5.10 Å². The number of aromatic nitrogens is 3. The van der Waals surface area contributed by atoms with Gasteiger partial charge in [-0.2, -0.15) is 0 Å². The van der Waals surface area contributed by atoms with Gasteiger partial charge < -0.3 is 0 Å². The molecule has 1 aromatic heterocycles. The van der Waals surface area contributed by atoms with Crippen molar-refractivity contribution in [1.29, 1.82) is 0 Å². The van der Waals surface area contributed by atoms with Gasteiger partial charge in [0, 0.05) is 5.56 Å². The molecular formula is C20H25N3. The monoisotopic (exact) mass is 307 g/mol. The first kappa shape index (κ1) is 15.7. The van der Waals surface area contributed by atoms with Crippen LogP contribution in [0.4, 0.5) is 0 Å². The van der Waals surface area contributed by atoms with Crippen molar-refractivity contribution < 1.29 is 0 Å². The molecule has 0 aliphatic heterocycles. The number of benzene rings is 2. The molecule has 0 radical (unpaired) electrons. The molecule has 0 saturated heterocycles. The molecule has 3 aromatic rings. The van der Waals surface area contributed by atoms with Crippen molar-refractivity contribution in [2.75, 3.05) is 0 Å². The Kier molecular flexibility index (Phi) is 3.97. The summed E-state index contributed by atoms with van der Waals surface area (Å²) in [4.78, 5) is 0. The van der Waals surface area contributed by atoms with E-state index in [4.69, 9.17) is 0 Å². The van der Waals surface area contributed by atoms with Crippen molar-refractivity contribution in [3.05, 3.63) is 47.5 Å². The second-order valence-corrected chi connectivity index (χ2v) is 7.35. The third kappa shape index (κ3) is 2.76. The Balaban J connectivity index is 2.45. The van der Waals surface area contributed by atoms with Gasteiger partial charge in [0.15, 0.2) is 0 Å². The van der Waals surface area contributed by atoms with E-state index in [-0.39, 0.29) is 5.41 Å². The molecule has 3 nitrogen and oxygen atoms in total. The Morgan fingerprint density at radius 3 is 2.43 bits per heavy atom. The number of hydrogen-bond donors (Lipinski definition) is 1. The van der Waals surface area contributed by atoms with E-state index < -0.39 is 0 Å². The van der Waals surface area contributed by atoms with E-state index in [1.807, 2.05) is 0 Å². The van der Waals surface area contributed by atoms with Gasteiger partial charge >= 0.3 is 0 Å². The van der Waals surface area contributed by atoms with Crippen LogP contribution in [0.1, 0.15) is 58.1 Å². The molecular weight excluding hydrogens is 282 g/mol. The number of nitrogens with one attached hydrogen (secondary N) is 1. The smallest absolute Gasteiger partial charge is 0.121 e. The summed E-state index contributed by atoms with van der Waals surface area (Å²) in [5.41, 5.74) is 7.25. The van der Waals surface area contributed by atoms with E-state index in [1.165, 1.54) is 22.3 Å². The zero-order valence-electron chi connectivity index (χ0n) is 14.6. The summed E-state index contributed by atoms with van der Waals surface area (Å²) in [5.74, 6) is 0.499. The van der Waals surface area contributed by atoms with Crippen LogP contribution in [0, 0.1) is 0 Å². The molecule has 0 bridgehead atoms. The lowest BCUT2D eigenvalue weighted by atomic mass is 9.75. The van der Waals surface area contributed by atoms with Crippen LogP contribution in [0.3, 0.4) is 0 Å². The van der Waals surface area contributed by atoms with Gasteiger partial charge in [-0.25, -0.2) is 0 Å². The second-order valence-electron chi connectivity index (χ2n) is 7.35. The Hall–Kier alpha value is -2.16. The lowest BCUT2D eigenvalue weighted by molar-refractivity contribution is 0.573. The minimum atomic E-state index is 0.0388. The molecule has 1 unspecified atom stereocenters. The van der Waals surface area contributed by atoms with Crippen LogP contribution in [0.5, 0.6) is 0 Å². The maximum absolute atomic E-state index is 4.39.